The summed E-state index contributed by atoms with van der Waals surface area (Å²) in [4.78, 5) is 26.4. The van der Waals surface area contributed by atoms with E-state index >= 15 is 0 Å². The van der Waals surface area contributed by atoms with Gasteiger partial charge in [0.1, 0.15) is 0 Å². The van der Waals surface area contributed by atoms with Crippen LogP contribution in [-0.2, 0) is 19.6 Å². The lowest BCUT2D eigenvalue weighted by atomic mass is 9.94. The van der Waals surface area contributed by atoms with Crippen molar-refractivity contribution >= 4 is 33.5 Å². The largest absolute Gasteiger partial charge is 0.452 e. The van der Waals surface area contributed by atoms with E-state index in [0.29, 0.717) is 6.54 Å². The fourth-order valence-corrected chi connectivity index (χ4v) is 4.22. The van der Waals surface area contributed by atoms with E-state index in [2.05, 4.69) is 4.72 Å². The predicted octanol–water partition coefficient (Wildman–Crippen LogP) is 2.59. The number of esters is 1. The van der Waals surface area contributed by atoms with Crippen molar-refractivity contribution in [3.8, 4) is 0 Å². The van der Waals surface area contributed by atoms with Gasteiger partial charge in [-0.2, -0.15) is 0 Å². The minimum atomic E-state index is -3.73. The molecule has 0 aromatic heterocycles. The van der Waals surface area contributed by atoms with Gasteiger partial charge in [0.05, 0.1) is 15.5 Å². The lowest BCUT2D eigenvalue weighted by molar-refractivity contribution is -0.137. The molecule has 1 fully saturated rings. The third-order valence-electron chi connectivity index (χ3n) is 4.74. The second-order valence-corrected chi connectivity index (χ2v) is 8.69. The quantitative estimate of drug-likeness (QED) is 0.689. The molecule has 1 saturated carbocycles. The Morgan fingerprint density at radius 2 is 1.93 bits per heavy atom. The van der Waals surface area contributed by atoms with Gasteiger partial charge in [0, 0.05) is 12.6 Å². The SMILES string of the molecule is CCN(C(=O)COC(=O)c1cc(S(=O)(=O)NC)ccc1Cl)C1CCCCC1. The Hall–Kier alpha value is -1.64. The summed E-state index contributed by atoms with van der Waals surface area (Å²) >= 11 is 6.00. The Morgan fingerprint density at radius 1 is 1.26 bits per heavy atom. The zero-order chi connectivity index (χ0) is 20.0. The molecule has 0 spiro atoms. The van der Waals surface area contributed by atoms with Crippen LogP contribution < -0.4 is 4.72 Å². The van der Waals surface area contributed by atoms with E-state index in [9.17, 15) is 18.0 Å². The summed E-state index contributed by atoms with van der Waals surface area (Å²) < 4.78 is 31.1. The van der Waals surface area contributed by atoms with Crippen LogP contribution in [0.3, 0.4) is 0 Å². The van der Waals surface area contributed by atoms with Gasteiger partial charge in [0.2, 0.25) is 10.0 Å². The van der Waals surface area contributed by atoms with Crippen molar-refractivity contribution in [3.63, 3.8) is 0 Å². The number of rotatable bonds is 7. The summed E-state index contributed by atoms with van der Waals surface area (Å²) in [6.45, 7) is 2.05. The molecular formula is C18H25ClN2O5S. The molecule has 0 bridgehead atoms. The van der Waals surface area contributed by atoms with Gasteiger partial charge >= 0.3 is 5.97 Å². The van der Waals surface area contributed by atoms with Crippen molar-refractivity contribution in [1.29, 1.82) is 0 Å². The van der Waals surface area contributed by atoms with Gasteiger partial charge in [0.25, 0.3) is 5.91 Å². The van der Waals surface area contributed by atoms with Crippen LogP contribution in [0.1, 0.15) is 49.4 Å². The molecule has 1 aromatic carbocycles. The number of halogens is 1. The molecule has 0 unspecified atom stereocenters. The Balaban J connectivity index is 2.06. The number of ether oxygens (including phenoxy) is 1. The second kappa shape index (κ2) is 9.52. The van der Waals surface area contributed by atoms with Gasteiger partial charge in [-0.3, -0.25) is 4.79 Å². The van der Waals surface area contributed by atoms with Crippen LogP contribution >= 0.6 is 11.6 Å². The molecule has 0 saturated heterocycles. The molecule has 7 nitrogen and oxygen atoms in total. The standard InChI is InChI=1S/C18H25ClN2O5S/c1-3-21(13-7-5-4-6-8-13)17(22)12-26-18(23)15-11-14(9-10-16(15)19)27(24,25)20-2/h9-11,13,20H,3-8,12H2,1-2H3. The van der Waals surface area contributed by atoms with E-state index in [4.69, 9.17) is 16.3 Å². The lowest BCUT2D eigenvalue weighted by Crippen LogP contribution is -2.43. The van der Waals surface area contributed by atoms with E-state index in [-0.39, 0.29) is 27.4 Å². The number of amides is 1. The van der Waals surface area contributed by atoms with Crippen molar-refractivity contribution < 1.29 is 22.7 Å². The molecule has 1 N–H and O–H groups in total. The summed E-state index contributed by atoms with van der Waals surface area (Å²) in [6, 6.07) is 3.92. The van der Waals surface area contributed by atoms with Gasteiger partial charge < -0.3 is 9.64 Å². The zero-order valence-corrected chi connectivity index (χ0v) is 17.1. The highest BCUT2D eigenvalue weighted by Crippen LogP contribution is 2.23. The summed E-state index contributed by atoms with van der Waals surface area (Å²) in [7, 11) is -2.46. The number of hydrogen-bond donors (Lipinski definition) is 1. The van der Waals surface area contributed by atoms with Crippen LogP contribution in [0.15, 0.2) is 23.1 Å². The van der Waals surface area contributed by atoms with Crippen LogP contribution in [-0.4, -0.2) is 51.4 Å². The summed E-state index contributed by atoms with van der Waals surface area (Å²) in [5.41, 5.74) is -0.0958. The Kier molecular flexibility index (Phi) is 7.64. The maximum Gasteiger partial charge on any atom is 0.340 e. The molecule has 0 heterocycles. The molecule has 150 valence electrons. The Labute approximate surface area is 165 Å². The van der Waals surface area contributed by atoms with Gasteiger partial charge in [-0.05, 0) is 45.0 Å². The second-order valence-electron chi connectivity index (χ2n) is 6.40. The number of hydrogen-bond acceptors (Lipinski definition) is 5. The van der Waals surface area contributed by atoms with Crippen molar-refractivity contribution in [2.24, 2.45) is 0 Å². The van der Waals surface area contributed by atoms with E-state index in [1.54, 1.807) is 4.90 Å². The molecule has 2 rings (SSSR count). The first kappa shape index (κ1) is 21.7. The van der Waals surface area contributed by atoms with Crippen molar-refractivity contribution in [2.75, 3.05) is 20.2 Å². The van der Waals surface area contributed by atoms with E-state index in [1.807, 2.05) is 6.92 Å². The maximum atomic E-state index is 12.5. The first-order chi connectivity index (χ1) is 12.8. The maximum absolute atomic E-state index is 12.5. The highest BCUT2D eigenvalue weighted by atomic mass is 35.5. The van der Waals surface area contributed by atoms with Gasteiger partial charge in [-0.15, -0.1) is 0 Å². The minimum absolute atomic E-state index is 0.0575. The van der Waals surface area contributed by atoms with Crippen LogP contribution in [0, 0.1) is 0 Å². The normalized spacial score (nSPS) is 15.4. The number of nitrogens with one attached hydrogen (secondary N) is 1. The molecule has 0 atom stereocenters. The number of sulfonamides is 1. The fourth-order valence-electron chi connectivity index (χ4n) is 3.26. The fraction of sp³-hybridized carbons (Fsp3) is 0.556. The molecule has 1 aliphatic carbocycles. The molecule has 0 radical (unpaired) electrons. The zero-order valence-electron chi connectivity index (χ0n) is 15.5. The number of likely N-dealkylation sites (N-methyl/N-ethyl adjacent to an activating group) is 1. The summed E-state index contributed by atoms with van der Waals surface area (Å²) in [6.07, 6.45) is 5.29. The average Bonchev–Trinajstić information content (AvgIpc) is 2.67. The van der Waals surface area contributed by atoms with Crippen LogP contribution in [0.25, 0.3) is 0 Å². The summed E-state index contributed by atoms with van der Waals surface area (Å²) in [5.74, 6) is -1.09. The molecule has 9 heteroatoms. The van der Waals surface area contributed by atoms with Gasteiger partial charge in [-0.25, -0.2) is 17.9 Å². The van der Waals surface area contributed by atoms with E-state index in [0.717, 1.165) is 31.7 Å². The van der Waals surface area contributed by atoms with Crippen molar-refractivity contribution in [3.05, 3.63) is 28.8 Å². The predicted molar refractivity (Wildman–Crippen MR) is 102 cm³/mol. The van der Waals surface area contributed by atoms with Gasteiger partial charge in [0.15, 0.2) is 6.61 Å². The minimum Gasteiger partial charge on any atom is -0.452 e. The van der Waals surface area contributed by atoms with Gasteiger partial charge in [-0.1, -0.05) is 30.9 Å². The first-order valence-corrected chi connectivity index (χ1v) is 10.9. The van der Waals surface area contributed by atoms with E-state index in [1.165, 1.54) is 25.6 Å². The number of carbonyl (C=O) groups excluding carboxylic acids is 2. The third kappa shape index (κ3) is 5.43. The third-order valence-corrected chi connectivity index (χ3v) is 6.48. The summed E-state index contributed by atoms with van der Waals surface area (Å²) in [5, 5.41) is 0.0575. The Morgan fingerprint density at radius 3 is 2.52 bits per heavy atom. The smallest absolute Gasteiger partial charge is 0.340 e. The molecule has 27 heavy (non-hydrogen) atoms. The first-order valence-electron chi connectivity index (χ1n) is 8.99. The van der Waals surface area contributed by atoms with Crippen LogP contribution in [0.5, 0.6) is 0 Å². The number of carbonyl (C=O) groups is 2. The average molecular weight is 417 g/mol. The molecule has 1 aliphatic rings. The van der Waals surface area contributed by atoms with Crippen LogP contribution in [0.2, 0.25) is 5.02 Å². The Bertz CT molecular complexity index is 791. The van der Waals surface area contributed by atoms with E-state index < -0.39 is 22.6 Å². The van der Waals surface area contributed by atoms with Crippen LogP contribution in [0.4, 0.5) is 0 Å². The monoisotopic (exact) mass is 416 g/mol. The molecule has 1 aromatic rings. The highest BCUT2D eigenvalue weighted by molar-refractivity contribution is 7.89. The lowest BCUT2D eigenvalue weighted by Gasteiger charge is -2.33. The molecule has 1 amide bonds. The van der Waals surface area contributed by atoms with Crippen molar-refractivity contribution in [1.82, 2.24) is 9.62 Å². The molecule has 0 aliphatic heterocycles. The topological polar surface area (TPSA) is 92.8 Å². The highest BCUT2D eigenvalue weighted by Gasteiger charge is 2.25. The molecular weight excluding hydrogens is 392 g/mol. The number of benzene rings is 1. The van der Waals surface area contributed by atoms with Crippen molar-refractivity contribution in [2.45, 2.75) is 50.0 Å². The number of nitrogens with zero attached hydrogens (tertiary/aromatic N) is 1.